The number of hydrogen-bond acceptors (Lipinski definition) is 4. The molecule has 2 rings (SSSR count). The number of hydrogen-bond donors (Lipinski definition) is 0. The summed E-state index contributed by atoms with van der Waals surface area (Å²) in [5.74, 6) is 0.622. The van der Waals surface area contributed by atoms with Gasteiger partial charge in [0.2, 0.25) is 0 Å². The zero-order chi connectivity index (χ0) is 15.4. The van der Waals surface area contributed by atoms with E-state index in [2.05, 4.69) is 34.9 Å². The topological polar surface area (TPSA) is 70.2 Å². The number of nitro groups is 1. The van der Waals surface area contributed by atoms with Gasteiger partial charge in [0.15, 0.2) is 0 Å². The zero-order valence-corrected chi connectivity index (χ0v) is 13.4. The second-order valence-electron chi connectivity index (χ2n) is 4.85. The van der Waals surface area contributed by atoms with E-state index in [0.29, 0.717) is 23.7 Å². The van der Waals surface area contributed by atoms with E-state index in [1.165, 1.54) is 12.1 Å². The highest BCUT2D eigenvalue weighted by molar-refractivity contribution is 9.08. The largest absolute Gasteiger partial charge is 0.487 e. The van der Waals surface area contributed by atoms with Crippen LogP contribution in [-0.4, -0.2) is 14.7 Å². The third-order valence-corrected chi connectivity index (χ3v) is 3.57. The molecule has 7 heteroatoms. The first-order chi connectivity index (χ1) is 10.0. The molecule has 6 nitrogen and oxygen atoms in total. The third kappa shape index (κ3) is 3.81. The van der Waals surface area contributed by atoms with Gasteiger partial charge in [0.1, 0.15) is 12.4 Å². The van der Waals surface area contributed by atoms with Crippen molar-refractivity contribution in [2.75, 3.05) is 0 Å². The average Bonchev–Trinajstić information content (AvgIpc) is 2.93. The van der Waals surface area contributed by atoms with E-state index < -0.39 is 4.92 Å². The molecule has 0 saturated heterocycles. The molecule has 0 saturated carbocycles. The van der Waals surface area contributed by atoms with Gasteiger partial charge in [0.25, 0.3) is 5.69 Å². The van der Waals surface area contributed by atoms with Crippen LogP contribution >= 0.6 is 15.9 Å². The standard InChI is InChI=1S/C14H16BrN3O3/c1-10(2)17-6-5-12(16-17)9-21-14-4-3-13(18(19)20)7-11(14)8-15/h3-7,10H,8-9H2,1-2H3. The minimum atomic E-state index is -0.416. The van der Waals surface area contributed by atoms with Crippen LogP contribution in [0, 0.1) is 10.1 Å². The lowest BCUT2D eigenvalue weighted by atomic mass is 10.2. The Hall–Kier alpha value is -1.89. The van der Waals surface area contributed by atoms with Crippen LogP contribution in [0.2, 0.25) is 0 Å². The number of alkyl halides is 1. The van der Waals surface area contributed by atoms with Gasteiger partial charge < -0.3 is 4.74 Å². The highest BCUT2D eigenvalue weighted by atomic mass is 79.9. The van der Waals surface area contributed by atoms with Gasteiger partial charge in [-0.2, -0.15) is 5.10 Å². The van der Waals surface area contributed by atoms with Crippen LogP contribution in [0.5, 0.6) is 5.75 Å². The molecule has 0 aliphatic rings. The molecule has 2 aromatic rings. The van der Waals surface area contributed by atoms with Gasteiger partial charge in [-0.1, -0.05) is 15.9 Å². The molecular formula is C14H16BrN3O3. The van der Waals surface area contributed by atoms with Crippen LogP contribution in [0.25, 0.3) is 0 Å². The molecule has 0 fully saturated rings. The lowest BCUT2D eigenvalue weighted by molar-refractivity contribution is -0.384. The fourth-order valence-electron chi connectivity index (χ4n) is 1.82. The summed E-state index contributed by atoms with van der Waals surface area (Å²) in [5, 5.41) is 15.7. The summed E-state index contributed by atoms with van der Waals surface area (Å²) >= 11 is 3.32. The quantitative estimate of drug-likeness (QED) is 0.449. The maximum Gasteiger partial charge on any atom is 0.270 e. The molecule has 0 unspecified atom stereocenters. The number of nitrogens with zero attached hydrogens (tertiary/aromatic N) is 3. The molecule has 1 heterocycles. The first-order valence-corrected chi connectivity index (χ1v) is 7.63. The maximum atomic E-state index is 10.8. The average molecular weight is 354 g/mol. The van der Waals surface area contributed by atoms with Crippen LogP contribution < -0.4 is 4.74 Å². The molecule has 1 aromatic carbocycles. The maximum absolute atomic E-state index is 10.8. The number of rotatable bonds is 6. The molecule has 0 aliphatic heterocycles. The lowest BCUT2D eigenvalue weighted by Crippen LogP contribution is -2.04. The summed E-state index contributed by atoms with van der Waals surface area (Å²) in [4.78, 5) is 10.3. The Morgan fingerprint density at radius 2 is 2.19 bits per heavy atom. The second kappa shape index (κ2) is 6.71. The third-order valence-electron chi connectivity index (χ3n) is 2.97. The van der Waals surface area contributed by atoms with Crippen LogP contribution in [-0.2, 0) is 11.9 Å². The van der Waals surface area contributed by atoms with Crippen molar-refractivity contribution < 1.29 is 9.66 Å². The van der Waals surface area contributed by atoms with Crippen LogP contribution in [0.15, 0.2) is 30.5 Å². The molecular weight excluding hydrogens is 338 g/mol. The number of benzene rings is 1. The van der Waals surface area contributed by atoms with Crippen LogP contribution in [0.3, 0.4) is 0 Å². The molecule has 0 bridgehead atoms. The number of ether oxygens (including phenoxy) is 1. The van der Waals surface area contributed by atoms with Crippen LogP contribution in [0.4, 0.5) is 5.69 Å². The molecule has 0 atom stereocenters. The summed E-state index contributed by atoms with van der Waals surface area (Å²) < 4.78 is 7.57. The van der Waals surface area contributed by atoms with Crippen molar-refractivity contribution >= 4 is 21.6 Å². The van der Waals surface area contributed by atoms with Gasteiger partial charge in [-0.15, -0.1) is 0 Å². The SMILES string of the molecule is CC(C)n1ccc(COc2ccc([N+](=O)[O-])cc2CBr)n1. The fraction of sp³-hybridized carbons (Fsp3) is 0.357. The molecule has 0 N–H and O–H groups in total. The Labute approximate surface area is 131 Å². The van der Waals surface area contributed by atoms with Gasteiger partial charge in [-0.3, -0.25) is 14.8 Å². The molecule has 0 spiro atoms. The Morgan fingerprint density at radius 3 is 2.76 bits per heavy atom. The first-order valence-electron chi connectivity index (χ1n) is 6.51. The van der Waals surface area contributed by atoms with Crippen molar-refractivity contribution in [3.63, 3.8) is 0 Å². The minimum absolute atomic E-state index is 0.0564. The lowest BCUT2D eigenvalue weighted by Gasteiger charge is -2.09. The van der Waals surface area contributed by atoms with E-state index in [0.717, 1.165) is 11.3 Å². The van der Waals surface area contributed by atoms with Crippen molar-refractivity contribution in [1.29, 1.82) is 0 Å². The summed E-state index contributed by atoms with van der Waals surface area (Å²) in [6.07, 6.45) is 1.91. The predicted molar refractivity (Wildman–Crippen MR) is 82.7 cm³/mol. The van der Waals surface area contributed by atoms with Gasteiger partial charge in [-0.05, 0) is 26.0 Å². The van der Waals surface area contributed by atoms with Crippen molar-refractivity contribution in [2.45, 2.75) is 31.8 Å². The molecule has 0 amide bonds. The predicted octanol–water partition coefficient (Wildman–Crippen LogP) is 3.85. The van der Waals surface area contributed by atoms with Gasteiger partial charge in [-0.25, -0.2) is 0 Å². The molecule has 0 radical (unpaired) electrons. The van der Waals surface area contributed by atoms with Crippen molar-refractivity contribution in [2.24, 2.45) is 0 Å². The Kier molecular flexibility index (Phi) is 4.95. The molecule has 1 aromatic heterocycles. The summed E-state index contributed by atoms with van der Waals surface area (Å²) in [5.41, 5.74) is 1.62. The van der Waals surface area contributed by atoms with E-state index >= 15 is 0 Å². The van der Waals surface area contributed by atoms with Crippen molar-refractivity contribution in [3.05, 3.63) is 51.8 Å². The van der Waals surface area contributed by atoms with Crippen molar-refractivity contribution in [1.82, 2.24) is 9.78 Å². The zero-order valence-electron chi connectivity index (χ0n) is 11.8. The smallest absolute Gasteiger partial charge is 0.270 e. The normalized spacial score (nSPS) is 10.9. The highest BCUT2D eigenvalue weighted by Crippen LogP contribution is 2.26. The van der Waals surface area contributed by atoms with E-state index in [9.17, 15) is 10.1 Å². The summed E-state index contributed by atoms with van der Waals surface area (Å²) in [6.45, 7) is 4.44. The number of non-ortho nitro benzene ring substituents is 1. The number of halogens is 1. The minimum Gasteiger partial charge on any atom is -0.487 e. The summed E-state index contributed by atoms with van der Waals surface area (Å²) in [7, 11) is 0. The Bertz CT molecular complexity index is 640. The van der Waals surface area contributed by atoms with Gasteiger partial charge >= 0.3 is 0 Å². The molecule has 112 valence electrons. The van der Waals surface area contributed by atoms with Gasteiger partial charge in [0.05, 0.1) is 10.6 Å². The first kappa shape index (κ1) is 15.5. The number of aromatic nitrogens is 2. The van der Waals surface area contributed by atoms with Crippen molar-refractivity contribution in [3.8, 4) is 5.75 Å². The Morgan fingerprint density at radius 1 is 1.43 bits per heavy atom. The highest BCUT2D eigenvalue weighted by Gasteiger charge is 2.11. The second-order valence-corrected chi connectivity index (χ2v) is 5.41. The van der Waals surface area contributed by atoms with E-state index in [1.54, 1.807) is 6.07 Å². The molecule has 21 heavy (non-hydrogen) atoms. The van der Waals surface area contributed by atoms with Gasteiger partial charge in [0, 0.05) is 35.3 Å². The van der Waals surface area contributed by atoms with Crippen LogP contribution in [0.1, 0.15) is 31.1 Å². The van der Waals surface area contributed by atoms with E-state index in [-0.39, 0.29) is 5.69 Å². The monoisotopic (exact) mass is 353 g/mol. The van der Waals surface area contributed by atoms with E-state index in [4.69, 9.17) is 4.74 Å². The molecule has 0 aliphatic carbocycles. The summed E-state index contributed by atoms with van der Waals surface area (Å²) in [6, 6.07) is 6.77. The Balaban J connectivity index is 2.10. The number of nitro benzene ring substituents is 1. The fourth-order valence-corrected chi connectivity index (χ4v) is 2.26. The van der Waals surface area contributed by atoms with E-state index in [1.807, 2.05) is 16.9 Å².